The lowest BCUT2D eigenvalue weighted by Crippen LogP contribution is -2.32. The van der Waals surface area contributed by atoms with Crippen LogP contribution in [-0.4, -0.2) is 10.9 Å². The molecule has 0 bridgehead atoms. The Hall–Kier alpha value is -2.98. The van der Waals surface area contributed by atoms with E-state index in [0.29, 0.717) is 16.2 Å². The zero-order valence-corrected chi connectivity index (χ0v) is 21.3. The van der Waals surface area contributed by atoms with Crippen molar-refractivity contribution in [1.29, 1.82) is 0 Å². The zero-order chi connectivity index (χ0) is 24.2. The minimum atomic E-state index is -0.000415. The van der Waals surface area contributed by atoms with Gasteiger partial charge in [0.1, 0.15) is 0 Å². The number of anilines is 1. The maximum absolute atomic E-state index is 13.0. The Bertz CT molecular complexity index is 1140. The lowest BCUT2D eigenvalue weighted by atomic mass is 9.86. The molecule has 3 rings (SSSR count). The Morgan fingerprint density at radius 2 is 1.61 bits per heavy atom. The quantitative estimate of drug-likeness (QED) is 0.301. The fourth-order valence-electron chi connectivity index (χ4n) is 3.75. The first kappa shape index (κ1) is 24.7. The molecule has 0 spiro atoms. The van der Waals surface area contributed by atoms with Gasteiger partial charge in [0.25, 0.3) is 0 Å². The summed E-state index contributed by atoms with van der Waals surface area (Å²) in [5, 5.41) is 7.20. The Morgan fingerprint density at radius 3 is 2.21 bits per heavy atom. The van der Waals surface area contributed by atoms with E-state index in [1.54, 1.807) is 0 Å². The van der Waals surface area contributed by atoms with Crippen LogP contribution in [0.1, 0.15) is 78.3 Å². The molecule has 0 saturated carbocycles. The molecule has 1 unspecified atom stereocenters. The van der Waals surface area contributed by atoms with Crippen molar-refractivity contribution in [2.24, 2.45) is 0 Å². The highest BCUT2D eigenvalue weighted by Crippen LogP contribution is 2.24. The Morgan fingerprint density at radius 1 is 0.909 bits per heavy atom. The van der Waals surface area contributed by atoms with Crippen LogP contribution < -0.4 is 10.6 Å². The third-order valence-corrected chi connectivity index (χ3v) is 6.26. The van der Waals surface area contributed by atoms with Crippen LogP contribution in [0.3, 0.4) is 0 Å². The lowest BCUT2D eigenvalue weighted by molar-refractivity contribution is 0.103. The maximum Gasteiger partial charge on any atom is 0.193 e. The normalized spacial score (nSPS) is 12.2. The van der Waals surface area contributed by atoms with Gasteiger partial charge in [-0.25, -0.2) is 0 Å². The summed E-state index contributed by atoms with van der Waals surface area (Å²) in [5.74, 6) is -0.000415. The molecule has 3 nitrogen and oxygen atoms in total. The molecule has 0 aliphatic rings. The summed E-state index contributed by atoms with van der Waals surface area (Å²) in [6, 6.07) is 22.0. The van der Waals surface area contributed by atoms with Crippen molar-refractivity contribution in [3.8, 4) is 0 Å². The highest BCUT2D eigenvalue weighted by Gasteiger charge is 2.16. The molecule has 2 N–H and O–H groups in total. The van der Waals surface area contributed by atoms with Crippen molar-refractivity contribution >= 4 is 28.8 Å². The average Bonchev–Trinajstić information content (AvgIpc) is 2.78. The first-order valence-corrected chi connectivity index (χ1v) is 11.9. The van der Waals surface area contributed by atoms with E-state index in [1.807, 2.05) is 48.5 Å². The molecular formula is C29H34N2OS. The number of rotatable bonds is 6. The van der Waals surface area contributed by atoms with Crippen LogP contribution in [0.4, 0.5) is 5.69 Å². The summed E-state index contributed by atoms with van der Waals surface area (Å²) in [6.07, 6.45) is 0.910. The van der Waals surface area contributed by atoms with Gasteiger partial charge in [-0.1, -0.05) is 82.3 Å². The van der Waals surface area contributed by atoms with E-state index in [-0.39, 0.29) is 17.2 Å². The zero-order valence-electron chi connectivity index (χ0n) is 20.5. The van der Waals surface area contributed by atoms with Gasteiger partial charge in [0.2, 0.25) is 0 Å². The largest absolute Gasteiger partial charge is 0.356 e. The van der Waals surface area contributed by atoms with E-state index < -0.39 is 0 Å². The molecule has 0 heterocycles. The fraction of sp³-hybridized carbons (Fsp3) is 0.310. The molecule has 0 fully saturated rings. The molecule has 0 radical (unpaired) electrons. The monoisotopic (exact) mass is 458 g/mol. The van der Waals surface area contributed by atoms with Gasteiger partial charge in [0.05, 0.1) is 6.04 Å². The molecule has 3 aromatic carbocycles. The average molecular weight is 459 g/mol. The van der Waals surface area contributed by atoms with E-state index in [1.165, 1.54) is 22.3 Å². The number of ketones is 1. The number of hydrogen-bond donors (Lipinski definition) is 2. The number of aryl methyl sites for hydroxylation is 2. The molecular weight excluding hydrogens is 424 g/mol. The summed E-state index contributed by atoms with van der Waals surface area (Å²) in [6.45, 7) is 12.9. The second-order valence-electron chi connectivity index (χ2n) is 9.64. The number of nitrogens with one attached hydrogen (secondary N) is 2. The van der Waals surface area contributed by atoms with Gasteiger partial charge >= 0.3 is 0 Å². The maximum atomic E-state index is 13.0. The molecule has 0 aliphatic heterocycles. The minimum absolute atomic E-state index is 0.000415. The summed E-state index contributed by atoms with van der Waals surface area (Å²) in [7, 11) is 0. The number of thiocarbonyl (C=S) groups is 1. The van der Waals surface area contributed by atoms with Gasteiger partial charge in [-0.05, 0) is 72.3 Å². The summed E-state index contributed by atoms with van der Waals surface area (Å²) in [5.41, 5.74) is 7.14. The van der Waals surface area contributed by atoms with Gasteiger partial charge in [0, 0.05) is 16.8 Å². The highest BCUT2D eigenvalue weighted by atomic mass is 32.1. The highest BCUT2D eigenvalue weighted by molar-refractivity contribution is 7.80. The van der Waals surface area contributed by atoms with Crippen molar-refractivity contribution in [3.05, 3.63) is 100 Å². The van der Waals surface area contributed by atoms with Crippen LogP contribution >= 0.6 is 12.2 Å². The Kier molecular flexibility index (Phi) is 7.70. The smallest absolute Gasteiger partial charge is 0.193 e. The van der Waals surface area contributed by atoms with E-state index in [9.17, 15) is 4.79 Å². The van der Waals surface area contributed by atoms with Crippen LogP contribution in [-0.2, 0) is 5.41 Å². The van der Waals surface area contributed by atoms with Crippen molar-refractivity contribution in [2.45, 2.75) is 59.4 Å². The molecule has 0 aliphatic carbocycles. The van der Waals surface area contributed by atoms with Crippen LogP contribution in [0, 0.1) is 13.8 Å². The van der Waals surface area contributed by atoms with Crippen molar-refractivity contribution in [1.82, 2.24) is 5.32 Å². The number of carbonyl (C=O) groups excluding carboxylic acids is 1. The van der Waals surface area contributed by atoms with Crippen LogP contribution in [0.15, 0.2) is 66.7 Å². The van der Waals surface area contributed by atoms with Crippen molar-refractivity contribution in [3.63, 3.8) is 0 Å². The van der Waals surface area contributed by atoms with Crippen molar-refractivity contribution < 1.29 is 4.79 Å². The summed E-state index contributed by atoms with van der Waals surface area (Å²) < 4.78 is 0. The van der Waals surface area contributed by atoms with E-state index in [0.717, 1.165) is 12.1 Å². The predicted molar refractivity (Wildman–Crippen MR) is 143 cm³/mol. The SMILES string of the molecule is CCC(NC(=S)Nc1cccc(C(=O)c2ccc(C(C)(C)C)cc2)c1)c1ccc(C)c(C)c1. The molecule has 0 amide bonds. The Balaban J connectivity index is 1.70. The molecule has 1 atom stereocenters. The van der Waals surface area contributed by atoms with Crippen molar-refractivity contribution in [2.75, 3.05) is 5.32 Å². The molecule has 0 aromatic heterocycles. The molecule has 0 saturated heterocycles. The third-order valence-electron chi connectivity index (χ3n) is 6.04. The molecule has 4 heteroatoms. The second kappa shape index (κ2) is 10.3. The molecule has 172 valence electrons. The fourth-order valence-corrected chi connectivity index (χ4v) is 4.01. The minimum Gasteiger partial charge on any atom is -0.356 e. The number of benzene rings is 3. The third kappa shape index (κ3) is 6.29. The molecule has 33 heavy (non-hydrogen) atoms. The standard InChI is InChI=1S/C29H34N2OS/c1-7-26(22-12-11-19(2)20(3)17-22)31-28(33)30-25-10-8-9-23(18-25)27(32)21-13-15-24(16-14-21)29(4,5)6/h8-18,26H,7H2,1-6H3,(H2,30,31,33). The first-order valence-electron chi connectivity index (χ1n) is 11.5. The van der Waals surface area contributed by atoms with E-state index in [4.69, 9.17) is 12.2 Å². The van der Waals surface area contributed by atoms with E-state index >= 15 is 0 Å². The van der Waals surface area contributed by atoms with Gasteiger partial charge < -0.3 is 10.6 Å². The number of carbonyl (C=O) groups is 1. The van der Waals surface area contributed by atoms with Gasteiger partial charge in [-0.2, -0.15) is 0 Å². The van der Waals surface area contributed by atoms with Crippen LogP contribution in [0.2, 0.25) is 0 Å². The summed E-state index contributed by atoms with van der Waals surface area (Å²) in [4.78, 5) is 13.0. The van der Waals surface area contributed by atoms with Gasteiger partial charge in [0.15, 0.2) is 10.9 Å². The first-order chi connectivity index (χ1) is 15.6. The van der Waals surface area contributed by atoms with Crippen LogP contribution in [0.5, 0.6) is 0 Å². The number of hydrogen-bond acceptors (Lipinski definition) is 2. The molecule has 3 aromatic rings. The topological polar surface area (TPSA) is 41.1 Å². The van der Waals surface area contributed by atoms with E-state index in [2.05, 4.69) is 70.4 Å². The summed E-state index contributed by atoms with van der Waals surface area (Å²) >= 11 is 5.58. The second-order valence-corrected chi connectivity index (χ2v) is 10.0. The lowest BCUT2D eigenvalue weighted by Gasteiger charge is -2.21. The van der Waals surface area contributed by atoms with Crippen LogP contribution in [0.25, 0.3) is 0 Å². The van der Waals surface area contributed by atoms with Gasteiger partial charge in [-0.3, -0.25) is 4.79 Å². The van der Waals surface area contributed by atoms with Gasteiger partial charge in [-0.15, -0.1) is 0 Å². The Labute approximate surface area is 203 Å². The predicted octanol–water partition coefficient (Wildman–Crippen LogP) is 7.27.